The molecule has 0 aliphatic carbocycles. The van der Waals surface area contributed by atoms with Gasteiger partial charge in [0.05, 0.1) is 18.8 Å². The van der Waals surface area contributed by atoms with Gasteiger partial charge in [-0.15, -0.1) is 0 Å². The zero-order valence-electron chi connectivity index (χ0n) is 13.6. The highest BCUT2D eigenvalue weighted by atomic mass is 15.2. The lowest BCUT2D eigenvalue weighted by molar-refractivity contribution is 0.796. The molecule has 4 heteroatoms. The summed E-state index contributed by atoms with van der Waals surface area (Å²) in [5.41, 5.74) is 4.52. The molecule has 0 unspecified atom stereocenters. The van der Waals surface area contributed by atoms with E-state index < -0.39 is 0 Å². The molecule has 2 N–H and O–H groups in total. The van der Waals surface area contributed by atoms with E-state index >= 15 is 0 Å². The summed E-state index contributed by atoms with van der Waals surface area (Å²) in [5.74, 6) is 0.812. The molecule has 22 heavy (non-hydrogen) atoms. The maximum atomic E-state index is 4.63. The molecule has 116 valence electrons. The van der Waals surface area contributed by atoms with Gasteiger partial charge in [0, 0.05) is 12.2 Å². The molecule has 0 amide bonds. The van der Waals surface area contributed by atoms with Gasteiger partial charge in [0.15, 0.2) is 5.96 Å². The summed E-state index contributed by atoms with van der Waals surface area (Å²) in [6.45, 7) is 8.33. The maximum Gasteiger partial charge on any atom is 0.191 e. The van der Waals surface area contributed by atoms with Crippen LogP contribution < -0.4 is 10.6 Å². The number of aromatic nitrogens is 1. The summed E-state index contributed by atoms with van der Waals surface area (Å²) in [5, 5.41) is 6.59. The third-order valence-corrected chi connectivity index (χ3v) is 3.23. The molecule has 0 bridgehead atoms. The number of aryl methyl sites for hydroxylation is 2. The summed E-state index contributed by atoms with van der Waals surface area (Å²) in [7, 11) is 0. The number of guanidine groups is 1. The number of hydrogen-bond acceptors (Lipinski definition) is 2. The van der Waals surface area contributed by atoms with Crippen LogP contribution in [0.5, 0.6) is 0 Å². The molecular weight excluding hydrogens is 272 g/mol. The van der Waals surface area contributed by atoms with Crippen LogP contribution in [-0.2, 0) is 13.1 Å². The number of nitrogens with zero attached hydrogens (tertiary/aromatic N) is 2. The molecule has 0 spiro atoms. The second-order valence-electron chi connectivity index (χ2n) is 5.31. The van der Waals surface area contributed by atoms with Crippen LogP contribution in [0.15, 0.2) is 47.5 Å². The van der Waals surface area contributed by atoms with Crippen molar-refractivity contribution < 1.29 is 0 Å². The van der Waals surface area contributed by atoms with Crippen molar-refractivity contribution in [3.05, 3.63) is 65.0 Å². The topological polar surface area (TPSA) is 49.3 Å². The van der Waals surface area contributed by atoms with Gasteiger partial charge in [0.1, 0.15) is 0 Å². The summed E-state index contributed by atoms with van der Waals surface area (Å²) >= 11 is 0. The van der Waals surface area contributed by atoms with Crippen LogP contribution in [0.25, 0.3) is 0 Å². The molecule has 4 nitrogen and oxygen atoms in total. The van der Waals surface area contributed by atoms with Gasteiger partial charge in [-0.25, -0.2) is 4.99 Å². The Morgan fingerprint density at radius 1 is 1.09 bits per heavy atom. The van der Waals surface area contributed by atoms with Crippen molar-refractivity contribution in [2.24, 2.45) is 4.99 Å². The van der Waals surface area contributed by atoms with E-state index in [0.717, 1.165) is 23.9 Å². The zero-order chi connectivity index (χ0) is 15.8. The Labute approximate surface area is 132 Å². The van der Waals surface area contributed by atoms with Crippen LogP contribution in [0.3, 0.4) is 0 Å². The molecule has 1 aromatic carbocycles. The average Bonchev–Trinajstić information content (AvgIpc) is 2.50. The largest absolute Gasteiger partial charge is 0.357 e. The number of hydrogen-bond donors (Lipinski definition) is 2. The normalized spacial score (nSPS) is 11.3. The lowest BCUT2D eigenvalue weighted by atomic mass is 10.1. The molecule has 1 aromatic heterocycles. The first kappa shape index (κ1) is 16.0. The van der Waals surface area contributed by atoms with Gasteiger partial charge >= 0.3 is 0 Å². The minimum absolute atomic E-state index is 0.665. The van der Waals surface area contributed by atoms with E-state index in [-0.39, 0.29) is 0 Å². The van der Waals surface area contributed by atoms with E-state index in [9.17, 15) is 0 Å². The van der Waals surface area contributed by atoms with Crippen LogP contribution in [0.4, 0.5) is 0 Å². The standard InChI is InChI=1S/C18H24N4/c1-4-19-18(20-12-16-9-5-7-14(2)11-16)21-13-17-10-6-8-15(3)22-17/h5-11H,4,12-13H2,1-3H3,(H2,19,20,21). The van der Waals surface area contributed by atoms with Crippen molar-refractivity contribution in [3.63, 3.8) is 0 Å². The van der Waals surface area contributed by atoms with Crippen molar-refractivity contribution in [1.29, 1.82) is 0 Å². The highest BCUT2D eigenvalue weighted by Crippen LogP contribution is 2.05. The first-order valence-electron chi connectivity index (χ1n) is 7.67. The Balaban J connectivity index is 1.98. The second-order valence-corrected chi connectivity index (χ2v) is 5.31. The highest BCUT2D eigenvalue weighted by molar-refractivity contribution is 5.79. The van der Waals surface area contributed by atoms with Crippen molar-refractivity contribution >= 4 is 5.96 Å². The van der Waals surface area contributed by atoms with E-state index in [1.165, 1.54) is 11.1 Å². The Hall–Kier alpha value is -2.36. The Kier molecular flexibility index (Phi) is 5.95. The van der Waals surface area contributed by atoms with E-state index in [0.29, 0.717) is 13.1 Å². The van der Waals surface area contributed by atoms with Crippen LogP contribution in [0.2, 0.25) is 0 Å². The molecule has 0 radical (unpaired) electrons. The van der Waals surface area contributed by atoms with Crippen molar-refractivity contribution in [1.82, 2.24) is 15.6 Å². The van der Waals surface area contributed by atoms with Crippen molar-refractivity contribution in [2.45, 2.75) is 33.9 Å². The van der Waals surface area contributed by atoms with Gasteiger partial charge in [0.2, 0.25) is 0 Å². The van der Waals surface area contributed by atoms with Crippen molar-refractivity contribution in [3.8, 4) is 0 Å². The monoisotopic (exact) mass is 296 g/mol. The van der Waals surface area contributed by atoms with Crippen molar-refractivity contribution in [2.75, 3.05) is 6.54 Å². The van der Waals surface area contributed by atoms with Crippen LogP contribution in [-0.4, -0.2) is 17.5 Å². The molecule has 0 saturated heterocycles. The Morgan fingerprint density at radius 2 is 1.91 bits per heavy atom. The number of nitrogens with one attached hydrogen (secondary N) is 2. The molecule has 2 rings (SSSR count). The molecule has 0 saturated carbocycles. The van der Waals surface area contributed by atoms with Gasteiger partial charge < -0.3 is 10.6 Å². The molecular formula is C18H24N4. The molecule has 0 aliphatic rings. The lowest BCUT2D eigenvalue weighted by Gasteiger charge is -2.11. The van der Waals surface area contributed by atoms with Crippen LogP contribution in [0.1, 0.15) is 29.4 Å². The summed E-state index contributed by atoms with van der Waals surface area (Å²) in [4.78, 5) is 9.12. The van der Waals surface area contributed by atoms with Gasteiger partial charge in [-0.05, 0) is 38.5 Å². The molecule has 0 fully saturated rings. The number of pyridine rings is 1. The van der Waals surface area contributed by atoms with Gasteiger partial charge in [0.25, 0.3) is 0 Å². The maximum absolute atomic E-state index is 4.63. The fraction of sp³-hybridized carbons (Fsp3) is 0.333. The third-order valence-electron chi connectivity index (χ3n) is 3.23. The molecule has 0 aliphatic heterocycles. The summed E-state index contributed by atoms with van der Waals surface area (Å²) in [6.07, 6.45) is 0. The zero-order valence-corrected chi connectivity index (χ0v) is 13.6. The van der Waals surface area contributed by atoms with E-state index in [1.54, 1.807) is 0 Å². The Bertz CT molecular complexity index is 634. The first-order valence-corrected chi connectivity index (χ1v) is 7.67. The predicted octanol–water partition coefficient (Wildman–Crippen LogP) is 2.95. The SMILES string of the molecule is CCNC(=NCc1cccc(C)c1)NCc1cccc(C)n1. The quantitative estimate of drug-likeness (QED) is 0.659. The summed E-state index contributed by atoms with van der Waals surface area (Å²) in [6, 6.07) is 14.5. The van der Waals surface area contributed by atoms with E-state index in [4.69, 9.17) is 0 Å². The highest BCUT2D eigenvalue weighted by Gasteiger charge is 2.00. The number of benzene rings is 1. The summed E-state index contributed by atoms with van der Waals surface area (Å²) < 4.78 is 0. The van der Waals surface area contributed by atoms with Gasteiger partial charge in [-0.1, -0.05) is 35.9 Å². The smallest absolute Gasteiger partial charge is 0.191 e. The van der Waals surface area contributed by atoms with Crippen LogP contribution in [0, 0.1) is 13.8 Å². The third kappa shape index (κ3) is 5.20. The predicted molar refractivity (Wildman–Crippen MR) is 91.8 cm³/mol. The number of aliphatic imine (C=N–C) groups is 1. The molecule has 2 aromatic rings. The average molecular weight is 296 g/mol. The fourth-order valence-corrected chi connectivity index (χ4v) is 2.19. The fourth-order valence-electron chi connectivity index (χ4n) is 2.19. The van der Waals surface area contributed by atoms with Gasteiger partial charge in [-0.2, -0.15) is 0 Å². The lowest BCUT2D eigenvalue weighted by Crippen LogP contribution is -2.37. The van der Waals surface area contributed by atoms with E-state index in [2.05, 4.69) is 58.7 Å². The first-order chi connectivity index (χ1) is 10.7. The minimum atomic E-state index is 0.665. The minimum Gasteiger partial charge on any atom is -0.357 e. The van der Waals surface area contributed by atoms with Crippen LogP contribution >= 0.6 is 0 Å². The molecule has 0 atom stereocenters. The second kappa shape index (κ2) is 8.17. The Morgan fingerprint density at radius 3 is 2.64 bits per heavy atom. The van der Waals surface area contributed by atoms with E-state index in [1.807, 2.05) is 25.1 Å². The number of rotatable bonds is 5. The molecule has 1 heterocycles. The van der Waals surface area contributed by atoms with Gasteiger partial charge in [-0.3, -0.25) is 4.98 Å².